The molecule has 2 fully saturated rings. The van der Waals surface area contributed by atoms with Crippen LogP contribution in [0.2, 0.25) is 0 Å². The molecule has 2 aromatic rings. The molecule has 0 spiro atoms. The summed E-state index contributed by atoms with van der Waals surface area (Å²) in [5, 5.41) is 4.35. The largest absolute Gasteiger partial charge is 0.358 e. The number of nitrogens with one attached hydrogen (secondary N) is 2. The molecule has 26 heavy (non-hydrogen) atoms. The average Bonchev–Trinajstić information content (AvgIpc) is 3.04. The lowest BCUT2D eigenvalue weighted by Gasteiger charge is -2.42. The molecule has 1 aromatic heterocycles. The second-order valence-electron chi connectivity index (χ2n) is 8.07. The molecule has 2 N–H and O–H groups in total. The van der Waals surface area contributed by atoms with E-state index in [1.54, 1.807) is 0 Å². The van der Waals surface area contributed by atoms with E-state index in [4.69, 9.17) is 0 Å². The highest BCUT2D eigenvalue weighted by Crippen LogP contribution is 2.37. The second kappa shape index (κ2) is 6.15. The quantitative estimate of drug-likeness (QED) is 0.830. The number of amides is 2. The number of piperidine rings is 1. The number of hydrogen-bond acceptors (Lipinski definition) is 2. The van der Waals surface area contributed by atoms with E-state index in [2.05, 4.69) is 28.5 Å². The van der Waals surface area contributed by atoms with E-state index in [0.717, 1.165) is 37.7 Å². The summed E-state index contributed by atoms with van der Waals surface area (Å²) in [6.07, 6.45) is 5.64. The number of aromatic amines is 1. The van der Waals surface area contributed by atoms with Crippen molar-refractivity contribution in [3.8, 4) is 0 Å². The Morgan fingerprint density at radius 3 is 2.92 bits per heavy atom. The van der Waals surface area contributed by atoms with Crippen LogP contribution >= 0.6 is 0 Å². The molecule has 1 saturated carbocycles. The fraction of sp³-hybridized carbons (Fsp3) is 0.524. The van der Waals surface area contributed by atoms with Gasteiger partial charge < -0.3 is 15.2 Å². The molecule has 2 aliphatic heterocycles. The van der Waals surface area contributed by atoms with E-state index in [9.17, 15) is 9.59 Å². The number of fused-ring (bicyclic) bond motifs is 4. The Morgan fingerprint density at radius 1 is 1.15 bits per heavy atom. The Hall–Kier alpha value is -2.30. The first-order chi connectivity index (χ1) is 12.7. The summed E-state index contributed by atoms with van der Waals surface area (Å²) in [5.41, 5.74) is 3.66. The van der Waals surface area contributed by atoms with Gasteiger partial charge in [-0.2, -0.15) is 0 Å². The molecule has 3 unspecified atom stereocenters. The molecule has 5 heteroatoms. The topological polar surface area (TPSA) is 65.2 Å². The Balaban J connectivity index is 1.41. The van der Waals surface area contributed by atoms with Gasteiger partial charge in [-0.25, -0.2) is 0 Å². The minimum atomic E-state index is -0.138. The Morgan fingerprint density at radius 2 is 2.00 bits per heavy atom. The monoisotopic (exact) mass is 351 g/mol. The van der Waals surface area contributed by atoms with E-state index >= 15 is 0 Å². The van der Waals surface area contributed by atoms with Crippen molar-refractivity contribution < 1.29 is 9.59 Å². The van der Waals surface area contributed by atoms with Gasteiger partial charge in [0.1, 0.15) is 0 Å². The number of nitrogens with zero attached hydrogens (tertiary/aromatic N) is 1. The molecular formula is C21H25N3O2. The maximum Gasteiger partial charge on any atom is 0.226 e. The first-order valence-corrected chi connectivity index (χ1v) is 9.87. The van der Waals surface area contributed by atoms with Gasteiger partial charge >= 0.3 is 0 Å². The first-order valence-electron chi connectivity index (χ1n) is 9.87. The number of aromatic nitrogens is 1. The molecule has 5 nitrogen and oxygen atoms in total. The summed E-state index contributed by atoms with van der Waals surface area (Å²) >= 11 is 0. The standard InChI is InChI=1S/C21H25N3O2/c25-20-11-15(13-5-1-4-8-18(13)23-20)21(26)24-10-9-19-16(12-24)14-6-2-3-7-17(14)22-19/h2-3,6-7,13,15,18,22H,1,4-5,8-12H2,(H,23,25). The third-order valence-electron chi connectivity index (χ3n) is 6.60. The maximum absolute atomic E-state index is 13.4. The van der Waals surface area contributed by atoms with Crippen LogP contribution in [0.4, 0.5) is 0 Å². The summed E-state index contributed by atoms with van der Waals surface area (Å²) in [7, 11) is 0. The van der Waals surface area contributed by atoms with Crippen molar-refractivity contribution in [2.24, 2.45) is 11.8 Å². The zero-order chi connectivity index (χ0) is 17.7. The molecular weight excluding hydrogens is 326 g/mol. The van der Waals surface area contributed by atoms with Gasteiger partial charge in [0.25, 0.3) is 0 Å². The van der Waals surface area contributed by atoms with Gasteiger partial charge in [0.05, 0.1) is 5.92 Å². The van der Waals surface area contributed by atoms with Gasteiger partial charge in [0, 0.05) is 54.1 Å². The summed E-state index contributed by atoms with van der Waals surface area (Å²) in [6, 6.07) is 8.51. The van der Waals surface area contributed by atoms with Gasteiger partial charge in [0.2, 0.25) is 11.8 Å². The molecule has 3 aliphatic rings. The highest BCUT2D eigenvalue weighted by molar-refractivity contribution is 5.89. The third kappa shape index (κ3) is 2.52. The smallest absolute Gasteiger partial charge is 0.226 e. The fourth-order valence-electron chi connectivity index (χ4n) is 5.30. The number of para-hydroxylation sites is 1. The van der Waals surface area contributed by atoms with Crippen molar-refractivity contribution in [1.82, 2.24) is 15.2 Å². The van der Waals surface area contributed by atoms with Gasteiger partial charge in [-0.15, -0.1) is 0 Å². The van der Waals surface area contributed by atoms with Crippen LogP contribution in [0.5, 0.6) is 0 Å². The number of H-pyrrole nitrogens is 1. The summed E-state index contributed by atoms with van der Waals surface area (Å²) in [6.45, 7) is 1.40. The zero-order valence-electron chi connectivity index (χ0n) is 15.0. The molecule has 1 aliphatic carbocycles. The van der Waals surface area contributed by atoms with Crippen LogP contribution in [0.25, 0.3) is 10.9 Å². The van der Waals surface area contributed by atoms with Crippen molar-refractivity contribution in [2.45, 2.75) is 51.1 Å². The lowest BCUT2D eigenvalue weighted by Crippen LogP contribution is -2.55. The average molecular weight is 351 g/mol. The van der Waals surface area contributed by atoms with Gasteiger partial charge in [-0.05, 0) is 24.8 Å². The molecule has 2 amide bonds. The number of hydrogen-bond donors (Lipinski definition) is 2. The lowest BCUT2D eigenvalue weighted by molar-refractivity contribution is -0.145. The van der Waals surface area contributed by atoms with E-state index in [0.29, 0.717) is 18.9 Å². The van der Waals surface area contributed by atoms with Crippen LogP contribution in [-0.2, 0) is 22.6 Å². The first kappa shape index (κ1) is 15.9. The van der Waals surface area contributed by atoms with Crippen LogP contribution < -0.4 is 5.32 Å². The van der Waals surface area contributed by atoms with E-state index in [-0.39, 0.29) is 23.8 Å². The van der Waals surface area contributed by atoms with Crippen LogP contribution in [0.3, 0.4) is 0 Å². The third-order valence-corrected chi connectivity index (χ3v) is 6.60. The molecule has 136 valence electrons. The van der Waals surface area contributed by atoms with Crippen molar-refractivity contribution in [2.75, 3.05) is 6.54 Å². The summed E-state index contributed by atoms with van der Waals surface area (Å²) in [4.78, 5) is 31.0. The van der Waals surface area contributed by atoms with Crippen LogP contribution in [0, 0.1) is 11.8 Å². The van der Waals surface area contributed by atoms with Crippen molar-refractivity contribution in [3.05, 3.63) is 35.5 Å². The number of carbonyl (C=O) groups excluding carboxylic acids is 2. The molecule has 3 heterocycles. The summed E-state index contributed by atoms with van der Waals surface area (Å²) in [5.74, 6) is 0.420. The van der Waals surface area contributed by atoms with E-state index < -0.39 is 0 Å². The normalized spacial score (nSPS) is 28.4. The summed E-state index contributed by atoms with van der Waals surface area (Å²) < 4.78 is 0. The lowest BCUT2D eigenvalue weighted by atomic mass is 9.72. The van der Waals surface area contributed by atoms with Crippen LogP contribution in [0.15, 0.2) is 24.3 Å². The van der Waals surface area contributed by atoms with Crippen molar-refractivity contribution in [1.29, 1.82) is 0 Å². The number of carbonyl (C=O) groups is 2. The Kier molecular flexibility index (Phi) is 3.76. The Labute approximate surface area is 153 Å². The van der Waals surface area contributed by atoms with Gasteiger partial charge in [0.15, 0.2) is 0 Å². The zero-order valence-corrected chi connectivity index (χ0v) is 15.0. The van der Waals surface area contributed by atoms with E-state index in [1.165, 1.54) is 23.1 Å². The van der Waals surface area contributed by atoms with Gasteiger partial charge in [-0.1, -0.05) is 31.0 Å². The molecule has 1 saturated heterocycles. The molecule has 0 bridgehead atoms. The number of benzene rings is 1. The van der Waals surface area contributed by atoms with Gasteiger partial charge in [-0.3, -0.25) is 9.59 Å². The SMILES string of the molecule is O=C1CC(C(=O)N2CCc3[nH]c4ccccc4c3C2)C2CCCCC2N1. The van der Waals surface area contributed by atoms with Crippen molar-refractivity contribution >= 4 is 22.7 Å². The highest BCUT2D eigenvalue weighted by atomic mass is 16.2. The van der Waals surface area contributed by atoms with Crippen molar-refractivity contribution in [3.63, 3.8) is 0 Å². The molecule has 3 atom stereocenters. The molecule has 1 aromatic carbocycles. The minimum absolute atomic E-state index is 0.0521. The molecule has 0 radical (unpaired) electrons. The molecule has 5 rings (SSSR count). The minimum Gasteiger partial charge on any atom is -0.358 e. The predicted molar refractivity (Wildman–Crippen MR) is 99.4 cm³/mol. The van der Waals surface area contributed by atoms with Crippen LogP contribution in [-0.4, -0.2) is 34.3 Å². The second-order valence-corrected chi connectivity index (χ2v) is 8.07. The number of rotatable bonds is 1. The fourth-order valence-corrected chi connectivity index (χ4v) is 5.30. The highest BCUT2D eigenvalue weighted by Gasteiger charge is 2.43. The van der Waals surface area contributed by atoms with E-state index in [1.807, 2.05) is 11.0 Å². The maximum atomic E-state index is 13.4. The Bertz CT molecular complexity index is 871. The predicted octanol–water partition coefficient (Wildman–Crippen LogP) is 2.75. The van der Waals surface area contributed by atoms with Crippen LogP contribution in [0.1, 0.15) is 43.4 Å².